The fourth-order valence-corrected chi connectivity index (χ4v) is 1.70. The van der Waals surface area contributed by atoms with E-state index in [1.807, 2.05) is 10.7 Å². The third kappa shape index (κ3) is 1.66. The lowest BCUT2D eigenvalue weighted by atomic mass is 9.93. The molecular weight excluding hydrogens is 186 g/mol. The Bertz CT molecular complexity index is 468. The highest BCUT2D eigenvalue weighted by atomic mass is 15.3. The maximum absolute atomic E-state index is 4.58. The van der Waals surface area contributed by atoms with Gasteiger partial charge < -0.3 is 4.57 Å². The molecule has 0 N–H and O–H groups in total. The molecular formula is C12H19N3. The first-order chi connectivity index (χ1) is 6.89. The van der Waals surface area contributed by atoms with Crippen molar-refractivity contribution in [3.8, 4) is 0 Å². The molecule has 2 rings (SSSR count). The Labute approximate surface area is 90.7 Å². The highest BCUT2D eigenvalue weighted by Gasteiger charge is 2.19. The van der Waals surface area contributed by atoms with Crippen molar-refractivity contribution in [3.63, 3.8) is 0 Å². The van der Waals surface area contributed by atoms with Gasteiger partial charge in [0.15, 0.2) is 0 Å². The summed E-state index contributed by atoms with van der Waals surface area (Å²) in [5.74, 6) is 0. The standard InChI is InChI=1S/C12H19N3/c1-9(2)14-6-7-15-11(14)8-10(13-15)12(3,4)5/h6-9H,1-5H3. The summed E-state index contributed by atoms with van der Waals surface area (Å²) in [6.45, 7) is 10.9. The molecule has 82 valence electrons. The summed E-state index contributed by atoms with van der Waals surface area (Å²) in [7, 11) is 0. The summed E-state index contributed by atoms with van der Waals surface area (Å²) in [6.07, 6.45) is 4.10. The van der Waals surface area contributed by atoms with E-state index in [9.17, 15) is 0 Å². The first-order valence-corrected chi connectivity index (χ1v) is 5.46. The minimum atomic E-state index is 0.119. The van der Waals surface area contributed by atoms with Crippen LogP contribution < -0.4 is 0 Å². The number of rotatable bonds is 1. The fraction of sp³-hybridized carbons (Fsp3) is 0.583. The summed E-state index contributed by atoms with van der Waals surface area (Å²) < 4.78 is 4.20. The molecule has 0 atom stereocenters. The van der Waals surface area contributed by atoms with Crippen molar-refractivity contribution in [3.05, 3.63) is 24.2 Å². The lowest BCUT2D eigenvalue weighted by Crippen LogP contribution is -2.11. The Kier molecular flexibility index (Phi) is 2.14. The Morgan fingerprint density at radius 1 is 1.20 bits per heavy atom. The zero-order valence-corrected chi connectivity index (χ0v) is 10.2. The molecule has 0 saturated carbocycles. The van der Waals surface area contributed by atoms with E-state index in [1.165, 1.54) is 5.65 Å². The second-order valence-electron chi connectivity index (χ2n) is 5.38. The first-order valence-electron chi connectivity index (χ1n) is 5.46. The average molecular weight is 205 g/mol. The van der Waals surface area contributed by atoms with Crippen LogP contribution in [0.3, 0.4) is 0 Å². The molecule has 0 saturated heterocycles. The minimum Gasteiger partial charge on any atom is -0.329 e. The molecule has 0 bridgehead atoms. The molecule has 0 aliphatic carbocycles. The molecule has 3 nitrogen and oxygen atoms in total. The summed E-state index contributed by atoms with van der Waals surface area (Å²) in [6, 6.07) is 2.66. The quantitative estimate of drug-likeness (QED) is 0.701. The molecule has 0 radical (unpaired) electrons. The van der Waals surface area contributed by atoms with Crippen LogP contribution in [0, 0.1) is 0 Å². The maximum atomic E-state index is 4.58. The Morgan fingerprint density at radius 2 is 1.87 bits per heavy atom. The highest BCUT2D eigenvalue weighted by Crippen LogP contribution is 2.23. The van der Waals surface area contributed by atoms with Gasteiger partial charge in [0.1, 0.15) is 5.65 Å². The molecule has 0 fully saturated rings. The number of fused-ring (bicyclic) bond motifs is 1. The summed E-state index contributed by atoms with van der Waals surface area (Å²) in [5, 5.41) is 4.58. The topological polar surface area (TPSA) is 22.2 Å². The lowest BCUT2D eigenvalue weighted by molar-refractivity contribution is 0.563. The monoisotopic (exact) mass is 205 g/mol. The van der Waals surface area contributed by atoms with Crippen LogP contribution in [-0.4, -0.2) is 14.2 Å². The molecule has 0 aromatic carbocycles. The smallest absolute Gasteiger partial charge is 0.136 e. The normalized spacial score (nSPS) is 12.9. The van der Waals surface area contributed by atoms with Gasteiger partial charge in [0.25, 0.3) is 0 Å². The van der Waals surface area contributed by atoms with Crippen molar-refractivity contribution in [2.45, 2.75) is 46.1 Å². The molecule has 0 aliphatic heterocycles. The van der Waals surface area contributed by atoms with E-state index < -0.39 is 0 Å². The van der Waals surface area contributed by atoms with Crippen molar-refractivity contribution in [2.75, 3.05) is 0 Å². The Morgan fingerprint density at radius 3 is 2.40 bits per heavy atom. The SMILES string of the molecule is CC(C)n1ccn2nc(C(C)(C)C)cc12. The average Bonchev–Trinajstić information content (AvgIpc) is 2.56. The predicted octanol–water partition coefficient (Wildman–Crippen LogP) is 3.01. The third-order valence-electron chi connectivity index (χ3n) is 2.67. The largest absolute Gasteiger partial charge is 0.329 e. The van der Waals surface area contributed by atoms with Gasteiger partial charge in [-0.3, -0.25) is 0 Å². The van der Waals surface area contributed by atoms with Crippen LogP contribution >= 0.6 is 0 Å². The zero-order valence-electron chi connectivity index (χ0n) is 10.2. The van der Waals surface area contributed by atoms with Crippen LogP contribution in [0.5, 0.6) is 0 Å². The van der Waals surface area contributed by atoms with Gasteiger partial charge in [-0.25, -0.2) is 4.52 Å². The van der Waals surface area contributed by atoms with Crippen molar-refractivity contribution in [1.29, 1.82) is 0 Å². The van der Waals surface area contributed by atoms with Crippen LogP contribution in [-0.2, 0) is 5.41 Å². The van der Waals surface area contributed by atoms with Gasteiger partial charge in [-0.2, -0.15) is 5.10 Å². The van der Waals surface area contributed by atoms with Crippen LogP contribution in [0.2, 0.25) is 0 Å². The number of imidazole rings is 1. The van der Waals surface area contributed by atoms with Crippen molar-refractivity contribution < 1.29 is 0 Å². The second-order valence-corrected chi connectivity index (χ2v) is 5.38. The van der Waals surface area contributed by atoms with Crippen LogP contribution in [0.4, 0.5) is 0 Å². The van der Waals surface area contributed by atoms with Crippen LogP contribution in [0.1, 0.15) is 46.4 Å². The van der Waals surface area contributed by atoms with Crippen molar-refractivity contribution >= 4 is 5.65 Å². The zero-order chi connectivity index (χ0) is 11.2. The van der Waals surface area contributed by atoms with Crippen LogP contribution in [0.15, 0.2) is 18.5 Å². The van der Waals surface area contributed by atoms with E-state index in [0.29, 0.717) is 6.04 Å². The van der Waals surface area contributed by atoms with Crippen molar-refractivity contribution in [2.24, 2.45) is 0 Å². The summed E-state index contributed by atoms with van der Waals surface area (Å²) in [4.78, 5) is 0. The number of aromatic nitrogens is 3. The fourth-order valence-electron chi connectivity index (χ4n) is 1.70. The van der Waals surface area contributed by atoms with Gasteiger partial charge in [0, 0.05) is 29.9 Å². The van der Waals surface area contributed by atoms with Gasteiger partial charge in [0.05, 0.1) is 5.69 Å². The maximum Gasteiger partial charge on any atom is 0.136 e. The van der Waals surface area contributed by atoms with Gasteiger partial charge in [-0.05, 0) is 13.8 Å². The van der Waals surface area contributed by atoms with Gasteiger partial charge in [-0.1, -0.05) is 20.8 Å². The van der Waals surface area contributed by atoms with E-state index in [2.05, 4.69) is 56.5 Å². The third-order valence-corrected chi connectivity index (χ3v) is 2.67. The molecule has 15 heavy (non-hydrogen) atoms. The molecule has 2 aromatic heterocycles. The number of nitrogens with zero attached hydrogens (tertiary/aromatic N) is 3. The van der Waals surface area contributed by atoms with E-state index in [0.717, 1.165) is 5.69 Å². The molecule has 0 spiro atoms. The Balaban J connectivity index is 2.57. The molecule has 2 aromatic rings. The number of hydrogen-bond acceptors (Lipinski definition) is 1. The van der Waals surface area contributed by atoms with Gasteiger partial charge in [-0.15, -0.1) is 0 Å². The van der Waals surface area contributed by atoms with Gasteiger partial charge in [0.2, 0.25) is 0 Å². The Hall–Kier alpha value is -1.25. The highest BCUT2D eigenvalue weighted by molar-refractivity contribution is 5.43. The van der Waals surface area contributed by atoms with E-state index in [1.54, 1.807) is 0 Å². The number of hydrogen-bond donors (Lipinski definition) is 0. The minimum absolute atomic E-state index is 0.119. The molecule has 0 aliphatic rings. The lowest BCUT2D eigenvalue weighted by Gasteiger charge is -2.13. The molecule has 0 amide bonds. The van der Waals surface area contributed by atoms with E-state index in [-0.39, 0.29) is 5.41 Å². The molecule has 0 unspecified atom stereocenters. The van der Waals surface area contributed by atoms with E-state index in [4.69, 9.17) is 0 Å². The van der Waals surface area contributed by atoms with E-state index >= 15 is 0 Å². The second kappa shape index (κ2) is 3.12. The van der Waals surface area contributed by atoms with Crippen LogP contribution in [0.25, 0.3) is 5.65 Å². The summed E-state index contributed by atoms with van der Waals surface area (Å²) >= 11 is 0. The first kappa shape index (κ1) is 10.3. The van der Waals surface area contributed by atoms with Gasteiger partial charge >= 0.3 is 0 Å². The predicted molar refractivity (Wildman–Crippen MR) is 62.3 cm³/mol. The van der Waals surface area contributed by atoms with Crippen molar-refractivity contribution in [1.82, 2.24) is 14.2 Å². The molecule has 2 heterocycles. The molecule has 3 heteroatoms. The summed E-state index contributed by atoms with van der Waals surface area (Å²) in [5.41, 5.74) is 2.44.